The highest BCUT2D eigenvalue weighted by atomic mass is 16.5. The number of rotatable bonds is 3. The van der Waals surface area contributed by atoms with Crippen LogP contribution < -0.4 is 4.74 Å². The lowest BCUT2D eigenvalue weighted by atomic mass is 10.2. The van der Waals surface area contributed by atoms with Gasteiger partial charge < -0.3 is 4.74 Å². The summed E-state index contributed by atoms with van der Waals surface area (Å²) in [5.74, 6) is 1.45. The van der Waals surface area contributed by atoms with Crippen molar-refractivity contribution in [2.45, 2.75) is 6.92 Å². The third-order valence-electron chi connectivity index (χ3n) is 2.96. The molecule has 0 bridgehead atoms. The lowest BCUT2D eigenvalue weighted by Gasteiger charge is -2.07. The molecule has 3 aromatic rings. The number of hydrogen-bond acceptors (Lipinski definition) is 7. The fraction of sp³-hybridized carbons (Fsp3) is 0.143. The van der Waals surface area contributed by atoms with Gasteiger partial charge in [0.25, 0.3) is 0 Å². The SMILES string of the molecule is COc1ccnc(-c2nnc(-c3ccccn3)nn2)c1C. The van der Waals surface area contributed by atoms with Crippen LogP contribution in [0.1, 0.15) is 5.56 Å². The Morgan fingerprint density at radius 2 is 1.62 bits per heavy atom. The summed E-state index contributed by atoms with van der Waals surface area (Å²) in [6.07, 6.45) is 3.30. The molecular weight excluding hydrogens is 268 g/mol. The molecule has 0 saturated carbocycles. The van der Waals surface area contributed by atoms with E-state index in [1.165, 1.54) is 0 Å². The summed E-state index contributed by atoms with van der Waals surface area (Å²) in [5.41, 5.74) is 2.07. The average Bonchev–Trinajstić information content (AvgIpc) is 2.56. The summed E-state index contributed by atoms with van der Waals surface area (Å²) < 4.78 is 5.25. The molecule has 0 fully saturated rings. The molecular formula is C14H12N6O. The Bertz CT molecular complexity index is 745. The predicted octanol–water partition coefficient (Wildman–Crippen LogP) is 1.71. The lowest BCUT2D eigenvalue weighted by molar-refractivity contribution is 0.411. The minimum absolute atomic E-state index is 0.353. The Balaban J connectivity index is 1.99. The van der Waals surface area contributed by atoms with E-state index in [1.54, 1.807) is 31.6 Å². The number of aromatic nitrogens is 6. The normalized spacial score (nSPS) is 10.4. The molecule has 0 radical (unpaired) electrons. The van der Waals surface area contributed by atoms with Gasteiger partial charge in [0.05, 0.1) is 7.11 Å². The maximum atomic E-state index is 5.25. The summed E-state index contributed by atoms with van der Waals surface area (Å²) in [6.45, 7) is 1.89. The van der Waals surface area contributed by atoms with Crippen molar-refractivity contribution in [3.05, 3.63) is 42.2 Å². The predicted molar refractivity (Wildman–Crippen MR) is 75.4 cm³/mol. The van der Waals surface area contributed by atoms with Crippen LogP contribution in [0.25, 0.3) is 23.0 Å². The molecule has 0 atom stereocenters. The molecule has 7 nitrogen and oxygen atoms in total. The van der Waals surface area contributed by atoms with Gasteiger partial charge in [0.15, 0.2) is 0 Å². The average molecular weight is 280 g/mol. The zero-order valence-electron chi connectivity index (χ0n) is 11.6. The van der Waals surface area contributed by atoms with Crippen molar-refractivity contribution < 1.29 is 4.74 Å². The van der Waals surface area contributed by atoms with Gasteiger partial charge in [-0.25, -0.2) is 0 Å². The maximum absolute atomic E-state index is 5.25. The molecule has 3 aromatic heterocycles. The number of pyridine rings is 2. The van der Waals surface area contributed by atoms with Crippen LogP contribution in [0, 0.1) is 6.92 Å². The molecule has 0 aliphatic carbocycles. The highest BCUT2D eigenvalue weighted by Gasteiger charge is 2.13. The Labute approximate surface area is 121 Å². The van der Waals surface area contributed by atoms with Gasteiger partial charge in [-0.05, 0) is 25.1 Å². The molecule has 21 heavy (non-hydrogen) atoms. The van der Waals surface area contributed by atoms with Crippen molar-refractivity contribution in [1.82, 2.24) is 30.4 Å². The number of hydrogen-bond donors (Lipinski definition) is 0. The van der Waals surface area contributed by atoms with Crippen molar-refractivity contribution in [1.29, 1.82) is 0 Å². The van der Waals surface area contributed by atoms with E-state index in [1.807, 2.05) is 19.1 Å². The topological polar surface area (TPSA) is 86.6 Å². The van der Waals surface area contributed by atoms with E-state index in [0.717, 1.165) is 11.3 Å². The van der Waals surface area contributed by atoms with Gasteiger partial charge in [0, 0.05) is 18.0 Å². The third-order valence-corrected chi connectivity index (χ3v) is 2.96. The van der Waals surface area contributed by atoms with Gasteiger partial charge in [-0.1, -0.05) is 6.07 Å². The summed E-state index contributed by atoms with van der Waals surface area (Å²) in [5, 5.41) is 16.3. The van der Waals surface area contributed by atoms with Crippen LogP contribution in [0.4, 0.5) is 0 Å². The Kier molecular flexibility index (Phi) is 3.46. The summed E-state index contributed by atoms with van der Waals surface area (Å²) in [4.78, 5) is 8.41. The Hall–Kier alpha value is -2.96. The molecule has 0 unspecified atom stereocenters. The standard InChI is InChI=1S/C14H12N6O/c1-9-11(21-2)6-8-16-12(9)14-19-17-13(18-20-14)10-5-3-4-7-15-10/h3-8H,1-2H3. The highest BCUT2D eigenvalue weighted by molar-refractivity contribution is 5.58. The summed E-state index contributed by atoms with van der Waals surface area (Å²) in [7, 11) is 1.60. The Morgan fingerprint density at radius 1 is 0.857 bits per heavy atom. The van der Waals surface area contributed by atoms with Gasteiger partial charge in [-0.15, -0.1) is 20.4 Å². The fourth-order valence-electron chi connectivity index (χ4n) is 1.89. The van der Waals surface area contributed by atoms with E-state index >= 15 is 0 Å². The van der Waals surface area contributed by atoms with Crippen LogP contribution in [0.3, 0.4) is 0 Å². The molecule has 0 amide bonds. The second-order valence-electron chi connectivity index (χ2n) is 4.25. The maximum Gasteiger partial charge on any atom is 0.222 e. The van der Waals surface area contributed by atoms with Crippen LogP contribution in [-0.2, 0) is 0 Å². The molecule has 0 saturated heterocycles. The molecule has 104 valence electrons. The van der Waals surface area contributed by atoms with Crippen LogP contribution in [0.2, 0.25) is 0 Å². The number of nitrogens with zero attached hydrogens (tertiary/aromatic N) is 6. The molecule has 7 heteroatoms. The number of methoxy groups -OCH3 is 1. The molecule has 0 aliphatic heterocycles. The molecule has 3 rings (SSSR count). The first-order chi connectivity index (χ1) is 10.3. The van der Waals surface area contributed by atoms with Gasteiger partial charge in [0.2, 0.25) is 11.6 Å². The first kappa shape index (κ1) is 13.0. The van der Waals surface area contributed by atoms with Gasteiger partial charge in [-0.2, -0.15) is 0 Å². The van der Waals surface area contributed by atoms with E-state index in [4.69, 9.17) is 4.74 Å². The van der Waals surface area contributed by atoms with Crippen molar-refractivity contribution >= 4 is 0 Å². The first-order valence-corrected chi connectivity index (χ1v) is 6.28. The molecule has 0 N–H and O–H groups in total. The third kappa shape index (κ3) is 2.53. The molecule has 3 heterocycles. The van der Waals surface area contributed by atoms with E-state index in [2.05, 4.69) is 30.4 Å². The fourth-order valence-corrected chi connectivity index (χ4v) is 1.89. The highest BCUT2D eigenvalue weighted by Crippen LogP contribution is 2.24. The van der Waals surface area contributed by atoms with E-state index in [-0.39, 0.29) is 0 Å². The second kappa shape index (κ2) is 5.58. The minimum atomic E-state index is 0.353. The molecule has 0 aliphatic rings. The molecule has 0 aromatic carbocycles. The van der Waals surface area contributed by atoms with Gasteiger partial charge >= 0.3 is 0 Å². The number of ether oxygens (including phenoxy) is 1. The van der Waals surface area contributed by atoms with E-state index < -0.39 is 0 Å². The largest absolute Gasteiger partial charge is 0.496 e. The van der Waals surface area contributed by atoms with E-state index in [9.17, 15) is 0 Å². The molecule has 0 spiro atoms. The van der Waals surface area contributed by atoms with Crippen LogP contribution >= 0.6 is 0 Å². The van der Waals surface area contributed by atoms with Crippen molar-refractivity contribution in [3.8, 4) is 28.8 Å². The van der Waals surface area contributed by atoms with Gasteiger partial charge in [-0.3, -0.25) is 9.97 Å². The van der Waals surface area contributed by atoms with Crippen molar-refractivity contribution in [2.75, 3.05) is 7.11 Å². The van der Waals surface area contributed by atoms with Crippen LogP contribution in [0.15, 0.2) is 36.7 Å². The quantitative estimate of drug-likeness (QED) is 0.721. The van der Waals surface area contributed by atoms with Gasteiger partial charge in [0.1, 0.15) is 17.1 Å². The van der Waals surface area contributed by atoms with Crippen molar-refractivity contribution in [3.63, 3.8) is 0 Å². The Morgan fingerprint density at radius 3 is 2.29 bits per heavy atom. The zero-order chi connectivity index (χ0) is 14.7. The van der Waals surface area contributed by atoms with Crippen LogP contribution in [-0.4, -0.2) is 37.5 Å². The smallest absolute Gasteiger partial charge is 0.222 e. The monoisotopic (exact) mass is 280 g/mol. The van der Waals surface area contributed by atoms with Crippen LogP contribution in [0.5, 0.6) is 5.75 Å². The first-order valence-electron chi connectivity index (χ1n) is 6.28. The second-order valence-corrected chi connectivity index (χ2v) is 4.25. The zero-order valence-corrected chi connectivity index (χ0v) is 11.6. The summed E-state index contributed by atoms with van der Waals surface area (Å²) >= 11 is 0. The summed E-state index contributed by atoms with van der Waals surface area (Å²) in [6, 6.07) is 7.25. The van der Waals surface area contributed by atoms with Crippen molar-refractivity contribution in [2.24, 2.45) is 0 Å². The van der Waals surface area contributed by atoms with E-state index in [0.29, 0.717) is 23.0 Å². The minimum Gasteiger partial charge on any atom is -0.496 e. The lowest BCUT2D eigenvalue weighted by Crippen LogP contribution is -2.03.